The maximum Gasteiger partial charge on any atom is 0.127 e. The molecule has 0 radical (unpaired) electrons. The normalized spacial score (nSPS) is 17.7. The summed E-state index contributed by atoms with van der Waals surface area (Å²) in [5.74, 6) is 3.05. The molecule has 0 saturated heterocycles. The molecular formula is C14H25N3. The molecule has 0 amide bonds. The van der Waals surface area contributed by atoms with Gasteiger partial charge in [0, 0.05) is 17.9 Å². The zero-order valence-electron chi connectivity index (χ0n) is 11.5. The zero-order chi connectivity index (χ0) is 12.6. The Bertz CT molecular complexity index is 388. The molecule has 0 aliphatic heterocycles. The molecule has 2 N–H and O–H groups in total. The molecule has 1 atom stereocenters. The van der Waals surface area contributed by atoms with Crippen LogP contribution in [0.3, 0.4) is 0 Å². The molecule has 1 aliphatic carbocycles. The van der Waals surface area contributed by atoms with Gasteiger partial charge in [0.2, 0.25) is 0 Å². The minimum absolute atomic E-state index is 0.459. The molecule has 2 rings (SSSR count). The van der Waals surface area contributed by atoms with Gasteiger partial charge in [-0.3, -0.25) is 0 Å². The van der Waals surface area contributed by atoms with E-state index in [1.807, 2.05) is 0 Å². The Labute approximate surface area is 104 Å². The topological polar surface area (TPSA) is 43.8 Å². The quantitative estimate of drug-likeness (QED) is 0.843. The number of hydrogen-bond donors (Lipinski definition) is 1. The van der Waals surface area contributed by atoms with Gasteiger partial charge in [-0.15, -0.1) is 0 Å². The second kappa shape index (κ2) is 4.71. The first-order valence-electron chi connectivity index (χ1n) is 6.93. The number of nitrogens with two attached hydrogens (primary N) is 1. The van der Waals surface area contributed by atoms with Crippen LogP contribution in [0, 0.1) is 0 Å². The third kappa shape index (κ3) is 2.33. The lowest BCUT2D eigenvalue weighted by Gasteiger charge is -2.11. The summed E-state index contributed by atoms with van der Waals surface area (Å²) in [5, 5.41) is 0. The highest BCUT2D eigenvalue weighted by Gasteiger charge is 2.31. The van der Waals surface area contributed by atoms with Gasteiger partial charge in [0.05, 0.1) is 5.69 Å². The maximum absolute atomic E-state index is 6.31. The van der Waals surface area contributed by atoms with Crippen molar-refractivity contribution >= 4 is 5.82 Å². The van der Waals surface area contributed by atoms with Gasteiger partial charge < -0.3 is 10.3 Å². The Morgan fingerprint density at radius 1 is 1.35 bits per heavy atom. The predicted molar refractivity (Wildman–Crippen MR) is 72.3 cm³/mol. The summed E-state index contributed by atoms with van der Waals surface area (Å²) in [4.78, 5) is 4.83. The van der Waals surface area contributed by atoms with Crippen LogP contribution in [0.25, 0.3) is 0 Å². The van der Waals surface area contributed by atoms with Crippen molar-refractivity contribution in [3.05, 3.63) is 11.5 Å². The fraction of sp³-hybridized carbons (Fsp3) is 0.786. The van der Waals surface area contributed by atoms with Crippen molar-refractivity contribution in [1.29, 1.82) is 0 Å². The highest BCUT2D eigenvalue weighted by molar-refractivity contribution is 5.42. The Hall–Kier alpha value is -0.990. The van der Waals surface area contributed by atoms with E-state index in [9.17, 15) is 0 Å². The van der Waals surface area contributed by atoms with Crippen LogP contribution in [0.2, 0.25) is 0 Å². The lowest BCUT2D eigenvalue weighted by molar-refractivity contribution is 0.640. The van der Waals surface area contributed by atoms with Gasteiger partial charge in [-0.1, -0.05) is 34.1 Å². The monoisotopic (exact) mass is 235 g/mol. The molecule has 1 fully saturated rings. The van der Waals surface area contributed by atoms with Crippen molar-refractivity contribution in [3.63, 3.8) is 0 Å². The van der Waals surface area contributed by atoms with Crippen molar-refractivity contribution < 1.29 is 0 Å². The lowest BCUT2D eigenvalue weighted by Crippen LogP contribution is -2.07. The summed E-state index contributed by atoms with van der Waals surface area (Å²) in [6.45, 7) is 8.86. The van der Waals surface area contributed by atoms with Gasteiger partial charge in [0.15, 0.2) is 0 Å². The molecule has 0 aromatic carbocycles. The fourth-order valence-electron chi connectivity index (χ4n) is 2.54. The van der Waals surface area contributed by atoms with Crippen LogP contribution in [-0.2, 0) is 0 Å². The van der Waals surface area contributed by atoms with Crippen molar-refractivity contribution in [2.75, 3.05) is 5.73 Å². The number of aromatic nitrogens is 2. The third-order valence-corrected chi connectivity index (χ3v) is 3.62. The third-order valence-electron chi connectivity index (χ3n) is 3.62. The number of imidazole rings is 1. The fourth-order valence-corrected chi connectivity index (χ4v) is 2.54. The maximum atomic E-state index is 6.31. The van der Waals surface area contributed by atoms with E-state index >= 15 is 0 Å². The van der Waals surface area contributed by atoms with E-state index < -0.39 is 0 Å². The first-order chi connectivity index (χ1) is 8.06. The Morgan fingerprint density at radius 2 is 2.00 bits per heavy atom. The van der Waals surface area contributed by atoms with Crippen LogP contribution in [0.5, 0.6) is 0 Å². The first kappa shape index (κ1) is 12.5. The van der Waals surface area contributed by atoms with Crippen LogP contribution >= 0.6 is 0 Å². The number of rotatable bonds is 5. The summed E-state index contributed by atoms with van der Waals surface area (Å²) in [6.07, 6.45) is 4.89. The molecule has 3 heteroatoms. The van der Waals surface area contributed by atoms with Gasteiger partial charge >= 0.3 is 0 Å². The SMILES string of the molecule is CCCC(C)c1nc(C(C)C)n(C2CC2)c1N. The average Bonchev–Trinajstić information content (AvgIpc) is 3.02. The second-order valence-corrected chi connectivity index (χ2v) is 5.69. The number of anilines is 1. The molecule has 17 heavy (non-hydrogen) atoms. The second-order valence-electron chi connectivity index (χ2n) is 5.69. The van der Waals surface area contributed by atoms with E-state index in [0.717, 1.165) is 11.5 Å². The van der Waals surface area contributed by atoms with Crippen molar-refractivity contribution in [1.82, 2.24) is 9.55 Å². The Balaban J connectivity index is 2.37. The van der Waals surface area contributed by atoms with Crippen LogP contribution < -0.4 is 5.73 Å². The van der Waals surface area contributed by atoms with E-state index in [1.165, 1.54) is 31.5 Å². The van der Waals surface area contributed by atoms with Gasteiger partial charge in [0.25, 0.3) is 0 Å². The van der Waals surface area contributed by atoms with Crippen molar-refractivity contribution in [2.45, 2.75) is 71.3 Å². The van der Waals surface area contributed by atoms with Crippen molar-refractivity contribution in [3.8, 4) is 0 Å². The highest BCUT2D eigenvalue weighted by Crippen LogP contribution is 2.41. The molecule has 1 aliphatic rings. The van der Waals surface area contributed by atoms with Gasteiger partial charge in [-0.05, 0) is 19.3 Å². The Kier molecular flexibility index (Phi) is 3.45. The average molecular weight is 235 g/mol. The predicted octanol–water partition coefficient (Wildman–Crippen LogP) is 3.83. The van der Waals surface area contributed by atoms with Gasteiger partial charge in [-0.2, -0.15) is 0 Å². The standard InChI is InChI=1S/C14H25N3/c1-5-6-10(4)12-13(15)17(11-7-8-11)14(16-12)9(2)3/h9-11H,5-8,15H2,1-4H3. The summed E-state index contributed by atoms with van der Waals surface area (Å²) < 4.78 is 2.30. The van der Waals surface area contributed by atoms with E-state index in [-0.39, 0.29) is 0 Å². The zero-order valence-corrected chi connectivity index (χ0v) is 11.5. The molecule has 1 aromatic heterocycles. The van der Waals surface area contributed by atoms with Crippen LogP contribution in [0.1, 0.15) is 82.8 Å². The van der Waals surface area contributed by atoms with Crippen LogP contribution in [0.4, 0.5) is 5.82 Å². The lowest BCUT2D eigenvalue weighted by atomic mass is 10.0. The molecule has 1 unspecified atom stereocenters. The van der Waals surface area contributed by atoms with E-state index in [2.05, 4.69) is 32.3 Å². The minimum atomic E-state index is 0.459. The molecule has 96 valence electrons. The number of nitrogen functional groups attached to an aromatic ring is 1. The number of nitrogens with zero attached hydrogens (tertiary/aromatic N) is 2. The highest BCUT2D eigenvalue weighted by atomic mass is 15.2. The molecular weight excluding hydrogens is 210 g/mol. The van der Waals surface area contributed by atoms with Gasteiger partial charge in [-0.25, -0.2) is 4.98 Å². The van der Waals surface area contributed by atoms with Gasteiger partial charge in [0.1, 0.15) is 11.6 Å². The first-order valence-corrected chi connectivity index (χ1v) is 6.93. The number of hydrogen-bond acceptors (Lipinski definition) is 2. The van der Waals surface area contributed by atoms with E-state index in [1.54, 1.807) is 0 Å². The summed E-state index contributed by atoms with van der Waals surface area (Å²) in [7, 11) is 0. The Morgan fingerprint density at radius 3 is 2.47 bits per heavy atom. The minimum Gasteiger partial charge on any atom is -0.384 e. The molecule has 1 saturated carbocycles. The molecule has 1 aromatic rings. The summed E-state index contributed by atoms with van der Waals surface area (Å²) in [5.41, 5.74) is 7.44. The molecule has 1 heterocycles. The summed E-state index contributed by atoms with van der Waals surface area (Å²) >= 11 is 0. The van der Waals surface area contributed by atoms with E-state index in [4.69, 9.17) is 10.7 Å². The van der Waals surface area contributed by atoms with Crippen LogP contribution in [-0.4, -0.2) is 9.55 Å². The van der Waals surface area contributed by atoms with Crippen LogP contribution in [0.15, 0.2) is 0 Å². The summed E-state index contributed by atoms with van der Waals surface area (Å²) in [6, 6.07) is 0.627. The van der Waals surface area contributed by atoms with Crippen molar-refractivity contribution in [2.24, 2.45) is 0 Å². The largest absolute Gasteiger partial charge is 0.384 e. The molecule has 0 spiro atoms. The smallest absolute Gasteiger partial charge is 0.127 e. The van der Waals surface area contributed by atoms with E-state index in [0.29, 0.717) is 17.9 Å². The molecule has 0 bridgehead atoms. The molecule has 3 nitrogen and oxygen atoms in total.